The number of aryl methyl sites for hydroxylation is 1. The number of pyridine rings is 1. The molecule has 76 valence electrons. The number of fused-ring (bicyclic) bond motifs is 3. The van der Waals surface area contributed by atoms with Crippen molar-refractivity contribution in [2.45, 2.75) is 26.2 Å². The quantitative estimate of drug-likeness (QED) is 0.631. The summed E-state index contributed by atoms with van der Waals surface area (Å²) in [6.07, 6.45) is 5.66. The van der Waals surface area contributed by atoms with Gasteiger partial charge in [-0.05, 0) is 36.1 Å². The zero-order valence-corrected chi connectivity index (χ0v) is 9.03. The highest BCUT2D eigenvalue weighted by atomic mass is 14.7. The minimum Gasteiger partial charge on any atom is -0.260 e. The van der Waals surface area contributed by atoms with Gasteiger partial charge in [-0.25, -0.2) is 0 Å². The molecule has 1 aliphatic carbocycles. The van der Waals surface area contributed by atoms with Gasteiger partial charge in [-0.15, -0.1) is 0 Å². The summed E-state index contributed by atoms with van der Waals surface area (Å²) in [5, 5.41) is 2.69. The second-order valence-corrected chi connectivity index (χ2v) is 4.62. The van der Waals surface area contributed by atoms with Crippen LogP contribution < -0.4 is 0 Å². The second kappa shape index (κ2) is 3.34. The zero-order chi connectivity index (χ0) is 10.3. The maximum Gasteiger partial charge on any atom is 0.0442 e. The molecule has 1 aromatic carbocycles. The summed E-state index contributed by atoms with van der Waals surface area (Å²) in [7, 11) is 0. The van der Waals surface area contributed by atoms with Crippen LogP contribution in [0.1, 0.15) is 24.6 Å². The molecule has 1 heterocycles. The SMILES string of the molecule is CC1CCc2ncc3ccccc3c2C1. The third-order valence-corrected chi connectivity index (χ3v) is 3.42. The molecule has 0 radical (unpaired) electrons. The Bertz CT molecular complexity index is 502. The normalized spacial score (nSPS) is 20.2. The first-order valence-corrected chi connectivity index (χ1v) is 5.70. The summed E-state index contributed by atoms with van der Waals surface area (Å²) < 4.78 is 0. The van der Waals surface area contributed by atoms with E-state index in [-0.39, 0.29) is 0 Å². The average molecular weight is 197 g/mol. The van der Waals surface area contributed by atoms with Crippen LogP contribution in [0.15, 0.2) is 30.5 Å². The summed E-state index contributed by atoms with van der Waals surface area (Å²) in [4.78, 5) is 4.58. The van der Waals surface area contributed by atoms with Gasteiger partial charge in [-0.3, -0.25) is 4.98 Å². The van der Waals surface area contributed by atoms with E-state index in [1.807, 2.05) is 6.20 Å². The Kier molecular flexibility index (Phi) is 1.98. The van der Waals surface area contributed by atoms with Crippen molar-refractivity contribution in [3.63, 3.8) is 0 Å². The van der Waals surface area contributed by atoms with Crippen LogP contribution >= 0.6 is 0 Å². The van der Waals surface area contributed by atoms with Crippen molar-refractivity contribution >= 4 is 10.8 Å². The lowest BCUT2D eigenvalue weighted by molar-refractivity contribution is 0.497. The molecule has 0 fully saturated rings. The van der Waals surface area contributed by atoms with E-state index in [4.69, 9.17) is 0 Å². The molecular weight excluding hydrogens is 182 g/mol. The number of aromatic nitrogens is 1. The molecule has 0 N–H and O–H groups in total. The van der Waals surface area contributed by atoms with E-state index in [2.05, 4.69) is 36.2 Å². The minimum atomic E-state index is 0.810. The molecule has 1 aromatic heterocycles. The van der Waals surface area contributed by atoms with Crippen molar-refractivity contribution in [3.8, 4) is 0 Å². The molecule has 2 aromatic rings. The van der Waals surface area contributed by atoms with E-state index >= 15 is 0 Å². The van der Waals surface area contributed by atoms with Crippen molar-refractivity contribution < 1.29 is 0 Å². The minimum absolute atomic E-state index is 0.810. The topological polar surface area (TPSA) is 12.9 Å². The number of hydrogen-bond acceptors (Lipinski definition) is 1. The summed E-state index contributed by atoms with van der Waals surface area (Å²) in [6, 6.07) is 8.60. The Morgan fingerprint density at radius 1 is 1.27 bits per heavy atom. The molecule has 0 saturated heterocycles. The molecule has 0 saturated carbocycles. The maximum absolute atomic E-state index is 4.58. The Hall–Kier alpha value is -1.37. The van der Waals surface area contributed by atoms with Gasteiger partial charge in [0.05, 0.1) is 0 Å². The summed E-state index contributed by atoms with van der Waals surface area (Å²) >= 11 is 0. The number of nitrogens with zero attached hydrogens (tertiary/aromatic N) is 1. The lowest BCUT2D eigenvalue weighted by Crippen LogP contribution is -2.13. The van der Waals surface area contributed by atoms with Crippen LogP contribution in [0.25, 0.3) is 10.8 Å². The number of hydrogen-bond donors (Lipinski definition) is 0. The molecule has 1 atom stereocenters. The fourth-order valence-electron chi connectivity index (χ4n) is 2.54. The van der Waals surface area contributed by atoms with E-state index in [1.165, 1.54) is 34.9 Å². The molecular formula is C14H15N. The lowest BCUT2D eigenvalue weighted by atomic mass is 9.85. The Morgan fingerprint density at radius 3 is 3.07 bits per heavy atom. The van der Waals surface area contributed by atoms with Gasteiger partial charge in [0.25, 0.3) is 0 Å². The van der Waals surface area contributed by atoms with Crippen molar-refractivity contribution in [1.82, 2.24) is 4.98 Å². The fraction of sp³-hybridized carbons (Fsp3) is 0.357. The maximum atomic E-state index is 4.58. The molecule has 3 rings (SSSR count). The standard InChI is InChI=1S/C14H15N/c1-10-6-7-14-13(8-10)12-5-3-2-4-11(12)9-15-14/h2-5,9-10H,6-8H2,1H3. The number of benzene rings is 1. The summed E-state index contributed by atoms with van der Waals surface area (Å²) in [5.41, 5.74) is 2.82. The zero-order valence-electron chi connectivity index (χ0n) is 9.03. The van der Waals surface area contributed by atoms with Crippen molar-refractivity contribution in [1.29, 1.82) is 0 Å². The van der Waals surface area contributed by atoms with Crippen LogP contribution in [0.3, 0.4) is 0 Å². The molecule has 0 aliphatic heterocycles. The van der Waals surface area contributed by atoms with Gasteiger partial charge in [0, 0.05) is 17.3 Å². The van der Waals surface area contributed by atoms with Crippen LogP contribution in [0.4, 0.5) is 0 Å². The van der Waals surface area contributed by atoms with E-state index in [9.17, 15) is 0 Å². The van der Waals surface area contributed by atoms with Gasteiger partial charge in [-0.1, -0.05) is 31.2 Å². The van der Waals surface area contributed by atoms with Crippen LogP contribution in [0.2, 0.25) is 0 Å². The molecule has 1 aliphatic rings. The number of rotatable bonds is 0. The monoisotopic (exact) mass is 197 g/mol. The highest BCUT2D eigenvalue weighted by Crippen LogP contribution is 2.29. The second-order valence-electron chi connectivity index (χ2n) is 4.62. The van der Waals surface area contributed by atoms with E-state index in [0.717, 1.165) is 12.3 Å². The van der Waals surface area contributed by atoms with Gasteiger partial charge >= 0.3 is 0 Å². The lowest BCUT2D eigenvalue weighted by Gasteiger charge is -2.21. The van der Waals surface area contributed by atoms with Crippen LogP contribution in [0, 0.1) is 5.92 Å². The van der Waals surface area contributed by atoms with Gasteiger partial charge in [-0.2, -0.15) is 0 Å². The molecule has 1 unspecified atom stereocenters. The van der Waals surface area contributed by atoms with Crippen LogP contribution in [-0.2, 0) is 12.8 Å². The van der Waals surface area contributed by atoms with Gasteiger partial charge in [0.15, 0.2) is 0 Å². The van der Waals surface area contributed by atoms with Crippen molar-refractivity contribution in [2.24, 2.45) is 5.92 Å². The van der Waals surface area contributed by atoms with Crippen molar-refractivity contribution in [3.05, 3.63) is 41.7 Å². The Morgan fingerprint density at radius 2 is 2.13 bits per heavy atom. The molecule has 15 heavy (non-hydrogen) atoms. The molecule has 1 heteroatoms. The Balaban J connectivity index is 2.28. The van der Waals surface area contributed by atoms with E-state index in [0.29, 0.717) is 0 Å². The first kappa shape index (κ1) is 8.90. The Labute approximate surface area is 90.2 Å². The van der Waals surface area contributed by atoms with Crippen LogP contribution in [-0.4, -0.2) is 4.98 Å². The first-order valence-electron chi connectivity index (χ1n) is 5.70. The van der Waals surface area contributed by atoms with E-state index in [1.54, 1.807) is 0 Å². The van der Waals surface area contributed by atoms with Gasteiger partial charge in [0.1, 0.15) is 0 Å². The first-order chi connectivity index (χ1) is 7.34. The molecule has 0 amide bonds. The van der Waals surface area contributed by atoms with E-state index < -0.39 is 0 Å². The predicted molar refractivity (Wildman–Crippen MR) is 62.9 cm³/mol. The summed E-state index contributed by atoms with van der Waals surface area (Å²) in [5.74, 6) is 0.810. The summed E-state index contributed by atoms with van der Waals surface area (Å²) in [6.45, 7) is 2.34. The third-order valence-electron chi connectivity index (χ3n) is 3.42. The highest BCUT2D eigenvalue weighted by Gasteiger charge is 2.17. The smallest absolute Gasteiger partial charge is 0.0442 e. The molecule has 1 nitrogen and oxygen atoms in total. The predicted octanol–water partition coefficient (Wildman–Crippen LogP) is 3.36. The fourth-order valence-corrected chi connectivity index (χ4v) is 2.54. The van der Waals surface area contributed by atoms with Crippen molar-refractivity contribution in [2.75, 3.05) is 0 Å². The van der Waals surface area contributed by atoms with Gasteiger partial charge in [0.2, 0.25) is 0 Å². The van der Waals surface area contributed by atoms with Crippen LogP contribution in [0.5, 0.6) is 0 Å². The highest BCUT2D eigenvalue weighted by molar-refractivity contribution is 5.85. The molecule has 0 bridgehead atoms. The molecule has 0 spiro atoms. The third kappa shape index (κ3) is 1.43. The average Bonchev–Trinajstić information content (AvgIpc) is 2.29. The largest absolute Gasteiger partial charge is 0.260 e. The van der Waals surface area contributed by atoms with Gasteiger partial charge < -0.3 is 0 Å².